The van der Waals surface area contributed by atoms with E-state index in [-0.39, 0.29) is 0 Å². The van der Waals surface area contributed by atoms with Crippen LogP contribution in [-0.4, -0.2) is 32.3 Å². The smallest absolute Gasteiger partial charge is 0.198 e. The van der Waals surface area contributed by atoms with Crippen LogP contribution in [0.3, 0.4) is 0 Å². The van der Waals surface area contributed by atoms with Crippen molar-refractivity contribution in [3.8, 4) is 0 Å². The number of piperidine rings is 1. The zero-order chi connectivity index (χ0) is 19.3. The molecule has 0 spiro atoms. The summed E-state index contributed by atoms with van der Waals surface area (Å²) in [5.74, 6) is 1.80. The van der Waals surface area contributed by atoms with Gasteiger partial charge in [-0.05, 0) is 48.5 Å². The molecule has 28 heavy (non-hydrogen) atoms. The maximum atomic E-state index is 5.65. The number of nitrogens with zero attached hydrogens (tertiary/aromatic N) is 4. The molecule has 0 aliphatic carbocycles. The van der Waals surface area contributed by atoms with E-state index in [0.29, 0.717) is 0 Å². The van der Waals surface area contributed by atoms with Crippen molar-refractivity contribution in [1.82, 2.24) is 19.2 Å². The molecule has 0 saturated carbocycles. The molecule has 1 fully saturated rings. The van der Waals surface area contributed by atoms with Crippen LogP contribution < -0.4 is 0 Å². The third-order valence-corrected chi connectivity index (χ3v) is 6.23. The van der Waals surface area contributed by atoms with E-state index in [4.69, 9.17) is 17.3 Å². The van der Waals surface area contributed by atoms with Gasteiger partial charge in [0.25, 0.3) is 0 Å². The van der Waals surface area contributed by atoms with Crippen LogP contribution in [0.25, 0.3) is 0 Å². The Labute approximate surface area is 172 Å². The van der Waals surface area contributed by atoms with Crippen molar-refractivity contribution >= 4 is 12.2 Å². The summed E-state index contributed by atoms with van der Waals surface area (Å²) < 4.78 is 4.84. The van der Waals surface area contributed by atoms with Gasteiger partial charge in [-0.25, -0.2) is 4.68 Å². The van der Waals surface area contributed by atoms with Crippen molar-refractivity contribution in [2.75, 3.05) is 13.1 Å². The molecule has 5 heteroatoms. The normalized spacial score (nSPS) is 15.8. The number of likely N-dealkylation sites (tertiary alicyclic amines) is 1. The molecule has 0 radical (unpaired) electrons. The molecule has 0 unspecified atom stereocenters. The Bertz CT molecular complexity index is 938. The highest BCUT2D eigenvalue weighted by atomic mass is 32.1. The quantitative estimate of drug-likeness (QED) is 0.580. The molecule has 1 aromatic heterocycles. The first kappa shape index (κ1) is 19.1. The molecule has 3 aromatic rings. The van der Waals surface area contributed by atoms with E-state index < -0.39 is 0 Å². The molecule has 1 saturated heterocycles. The summed E-state index contributed by atoms with van der Waals surface area (Å²) in [6, 6.07) is 21.3. The minimum Gasteiger partial charge on any atom is -0.307 e. The second-order valence-electron chi connectivity index (χ2n) is 7.81. The van der Waals surface area contributed by atoms with Gasteiger partial charge in [-0.2, -0.15) is 5.10 Å². The average Bonchev–Trinajstić information content (AvgIpc) is 2.99. The van der Waals surface area contributed by atoms with Gasteiger partial charge >= 0.3 is 0 Å². The van der Waals surface area contributed by atoms with Gasteiger partial charge in [0.1, 0.15) is 5.82 Å². The Hall–Kier alpha value is -2.24. The molecule has 1 aliphatic rings. The first-order valence-electron chi connectivity index (χ1n) is 10.1. The van der Waals surface area contributed by atoms with Crippen LogP contribution in [0.15, 0.2) is 60.7 Å². The fourth-order valence-corrected chi connectivity index (χ4v) is 4.23. The lowest BCUT2D eigenvalue weighted by molar-refractivity contribution is 0.139. The maximum absolute atomic E-state index is 5.65. The SMILES string of the molecule is Cn1c(Cc2ccccc2)nn(CN2CCC(Cc3ccccc3)CC2)c1=S. The van der Waals surface area contributed by atoms with Gasteiger partial charge in [-0.1, -0.05) is 60.7 Å². The summed E-state index contributed by atoms with van der Waals surface area (Å²) in [5, 5.41) is 4.82. The Balaban J connectivity index is 1.35. The number of aromatic nitrogens is 3. The number of hydrogen-bond donors (Lipinski definition) is 0. The second-order valence-corrected chi connectivity index (χ2v) is 8.18. The van der Waals surface area contributed by atoms with Gasteiger partial charge < -0.3 is 4.57 Å². The Morgan fingerprint density at radius 3 is 2.18 bits per heavy atom. The van der Waals surface area contributed by atoms with Crippen LogP contribution in [0.2, 0.25) is 0 Å². The molecule has 0 N–H and O–H groups in total. The van der Waals surface area contributed by atoms with E-state index in [0.717, 1.165) is 42.7 Å². The van der Waals surface area contributed by atoms with Gasteiger partial charge in [0.15, 0.2) is 4.77 Å². The van der Waals surface area contributed by atoms with E-state index in [1.165, 1.54) is 30.4 Å². The summed E-state index contributed by atoms with van der Waals surface area (Å²) in [4.78, 5) is 2.48. The van der Waals surface area contributed by atoms with E-state index in [2.05, 4.69) is 59.5 Å². The maximum Gasteiger partial charge on any atom is 0.198 e. The van der Waals surface area contributed by atoms with Gasteiger partial charge in [0.2, 0.25) is 0 Å². The third-order valence-electron chi connectivity index (χ3n) is 5.74. The van der Waals surface area contributed by atoms with Gasteiger partial charge in [-0.15, -0.1) is 0 Å². The minimum absolute atomic E-state index is 0.781. The van der Waals surface area contributed by atoms with Crippen molar-refractivity contribution in [3.05, 3.63) is 82.4 Å². The predicted octanol–water partition coefficient (Wildman–Crippen LogP) is 4.45. The van der Waals surface area contributed by atoms with E-state index in [9.17, 15) is 0 Å². The number of hydrogen-bond acceptors (Lipinski definition) is 3. The summed E-state index contributed by atoms with van der Waals surface area (Å²) in [7, 11) is 2.02. The van der Waals surface area contributed by atoms with Crippen LogP contribution >= 0.6 is 12.2 Å². The van der Waals surface area contributed by atoms with E-state index >= 15 is 0 Å². The lowest BCUT2D eigenvalue weighted by Crippen LogP contribution is -2.36. The highest BCUT2D eigenvalue weighted by Crippen LogP contribution is 2.22. The molecular formula is C23H28N4S. The van der Waals surface area contributed by atoms with Gasteiger partial charge in [0.05, 0.1) is 6.67 Å². The summed E-state index contributed by atoms with van der Waals surface area (Å²) in [5.41, 5.74) is 2.72. The number of benzene rings is 2. The standard InChI is InChI=1S/C23H28N4S/c1-25-22(17-20-10-6-3-7-11-20)24-27(23(25)28)18-26-14-12-21(13-15-26)16-19-8-4-2-5-9-19/h2-11,21H,12-18H2,1H3. The van der Waals surface area contributed by atoms with Crippen LogP contribution in [0.1, 0.15) is 29.8 Å². The molecule has 2 heterocycles. The predicted molar refractivity (Wildman–Crippen MR) is 116 cm³/mol. The van der Waals surface area contributed by atoms with Gasteiger partial charge in [-0.3, -0.25) is 4.90 Å². The molecule has 0 amide bonds. The largest absolute Gasteiger partial charge is 0.307 e. The number of rotatable bonds is 6. The van der Waals surface area contributed by atoms with E-state index in [1.807, 2.05) is 22.4 Å². The lowest BCUT2D eigenvalue weighted by atomic mass is 9.90. The Morgan fingerprint density at radius 1 is 0.929 bits per heavy atom. The molecule has 0 bridgehead atoms. The minimum atomic E-state index is 0.781. The molecule has 1 aliphatic heterocycles. The Morgan fingerprint density at radius 2 is 1.54 bits per heavy atom. The average molecular weight is 393 g/mol. The van der Waals surface area contributed by atoms with Crippen molar-refractivity contribution in [1.29, 1.82) is 0 Å². The molecule has 146 valence electrons. The van der Waals surface area contributed by atoms with Crippen molar-refractivity contribution in [3.63, 3.8) is 0 Å². The van der Waals surface area contributed by atoms with Gasteiger partial charge in [0, 0.05) is 26.6 Å². The zero-order valence-electron chi connectivity index (χ0n) is 16.5. The molecule has 0 atom stereocenters. The lowest BCUT2D eigenvalue weighted by Gasteiger charge is -2.31. The molecule has 4 rings (SSSR count). The fourth-order valence-electron chi connectivity index (χ4n) is 4.03. The molecule has 4 nitrogen and oxygen atoms in total. The molecular weight excluding hydrogens is 364 g/mol. The first-order valence-corrected chi connectivity index (χ1v) is 10.5. The fraction of sp³-hybridized carbons (Fsp3) is 0.391. The van der Waals surface area contributed by atoms with Crippen LogP contribution in [0.4, 0.5) is 0 Å². The summed E-state index contributed by atoms with van der Waals surface area (Å²) >= 11 is 5.65. The molecule has 2 aromatic carbocycles. The zero-order valence-corrected chi connectivity index (χ0v) is 17.3. The summed E-state index contributed by atoms with van der Waals surface area (Å²) in [6.07, 6.45) is 4.49. The first-order chi connectivity index (χ1) is 13.7. The Kier molecular flexibility index (Phi) is 6.03. The highest BCUT2D eigenvalue weighted by molar-refractivity contribution is 7.71. The van der Waals surface area contributed by atoms with Crippen molar-refractivity contribution in [2.45, 2.75) is 32.4 Å². The summed E-state index contributed by atoms with van der Waals surface area (Å²) in [6.45, 7) is 3.02. The van der Waals surface area contributed by atoms with Crippen molar-refractivity contribution in [2.24, 2.45) is 13.0 Å². The van der Waals surface area contributed by atoms with Crippen LogP contribution in [0, 0.1) is 10.7 Å². The van der Waals surface area contributed by atoms with Crippen molar-refractivity contribution < 1.29 is 0 Å². The van der Waals surface area contributed by atoms with Crippen LogP contribution in [0.5, 0.6) is 0 Å². The van der Waals surface area contributed by atoms with E-state index in [1.54, 1.807) is 0 Å². The topological polar surface area (TPSA) is 26.0 Å². The van der Waals surface area contributed by atoms with Crippen LogP contribution in [-0.2, 0) is 26.6 Å². The highest BCUT2D eigenvalue weighted by Gasteiger charge is 2.20. The third kappa shape index (κ3) is 4.59. The monoisotopic (exact) mass is 392 g/mol. The second kappa shape index (κ2) is 8.84.